The van der Waals surface area contributed by atoms with Gasteiger partial charge in [-0.25, -0.2) is 0 Å². The van der Waals surface area contributed by atoms with Gasteiger partial charge < -0.3 is 37.6 Å². The fourth-order valence-corrected chi connectivity index (χ4v) is 18.6. The molecule has 0 radical (unpaired) electrons. The fraction of sp³-hybridized carbons (Fsp3) is 0. The number of hydrogen-bond acceptors (Lipinski definition) is 6. The van der Waals surface area contributed by atoms with Crippen molar-refractivity contribution in [2.75, 3.05) is 19.6 Å². The molecule has 584 valence electrons. The van der Waals surface area contributed by atoms with E-state index >= 15 is 0 Å². The van der Waals surface area contributed by atoms with Crippen LogP contribution in [0.2, 0.25) is 0 Å². The zero-order valence-electron chi connectivity index (χ0n) is 67.5. The Morgan fingerprint density at radius 3 is 1.01 bits per heavy atom. The second-order valence-electron chi connectivity index (χ2n) is 31.5. The molecule has 0 aliphatic heterocycles. The van der Waals surface area contributed by atoms with Crippen LogP contribution >= 0.6 is 0 Å². The molecule has 20 aromatic carbocycles. The molecule has 0 spiro atoms. The smallest absolute Gasteiger partial charge is 0.136 e. The summed E-state index contributed by atoms with van der Waals surface area (Å²) in [6, 6.07) is 169. The van der Waals surface area contributed by atoms with Crippen LogP contribution in [0.3, 0.4) is 0 Å². The number of fused-ring (bicyclic) bond motifs is 15. The molecule has 24 rings (SSSR count). The SMILES string of the molecule is c1ccc(N(c2ccc(-c3ccc(N(c4ccccc4)c4ccc5c6ccccc6n(-c6ccccc6)c5c4)cc3)cc2)c2ccc3oc4ccc5ccccc5c4c3c2)cc1.c1ccc(N(c2ccc(-c3ccccc3N(c3ccccc3)c3ccc4oc5cc6ccccc6cc5c4c3)cc2)c2ccc3c4ccccc4n(-c4ccccc4)c3c2)cc1. The van der Waals surface area contributed by atoms with Crippen molar-refractivity contribution in [3.8, 4) is 33.6 Å². The van der Waals surface area contributed by atoms with Crippen molar-refractivity contribution >= 4 is 177 Å². The Labute approximate surface area is 716 Å². The molecule has 4 heterocycles. The summed E-state index contributed by atoms with van der Waals surface area (Å²) in [6.45, 7) is 0. The van der Waals surface area contributed by atoms with Crippen LogP contribution < -0.4 is 19.6 Å². The van der Waals surface area contributed by atoms with Crippen LogP contribution in [-0.4, -0.2) is 9.13 Å². The first kappa shape index (κ1) is 72.5. The number of anilines is 12. The second kappa shape index (κ2) is 30.9. The van der Waals surface area contributed by atoms with Gasteiger partial charge in [-0.1, -0.05) is 267 Å². The van der Waals surface area contributed by atoms with Crippen LogP contribution in [0.15, 0.2) is 482 Å². The maximum atomic E-state index is 6.43. The minimum Gasteiger partial charge on any atom is -0.456 e. The van der Waals surface area contributed by atoms with Crippen LogP contribution in [0.4, 0.5) is 68.2 Å². The minimum absolute atomic E-state index is 0.875. The number of nitrogens with zero attached hydrogens (tertiary/aromatic N) is 6. The first-order valence-corrected chi connectivity index (χ1v) is 42.2. The molecule has 24 aromatic rings. The highest BCUT2D eigenvalue weighted by Crippen LogP contribution is 2.49. The van der Waals surface area contributed by atoms with E-state index in [2.05, 4.69) is 502 Å². The average Bonchev–Trinajstić information content (AvgIpc) is 1.58. The molecule has 0 N–H and O–H groups in total. The van der Waals surface area contributed by atoms with E-state index < -0.39 is 0 Å². The van der Waals surface area contributed by atoms with E-state index in [0.717, 1.165) is 151 Å². The van der Waals surface area contributed by atoms with Crippen molar-refractivity contribution in [3.63, 3.8) is 0 Å². The molecule has 0 bridgehead atoms. The van der Waals surface area contributed by atoms with Crippen molar-refractivity contribution in [2.24, 2.45) is 0 Å². The molecule has 0 fully saturated rings. The Balaban J connectivity index is 0.000000143. The van der Waals surface area contributed by atoms with Crippen LogP contribution in [-0.2, 0) is 0 Å². The number of furan rings is 2. The third-order valence-corrected chi connectivity index (χ3v) is 24.3. The number of para-hydroxylation sites is 9. The van der Waals surface area contributed by atoms with E-state index in [1.165, 1.54) is 59.6 Å². The van der Waals surface area contributed by atoms with Gasteiger partial charge in [-0.2, -0.15) is 0 Å². The molecule has 124 heavy (non-hydrogen) atoms. The summed E-state index contributed by atoms with van der Waals surface area (Å²) >= 11 is 0. The lowest BCUT2D eigenvalue weighted by atomic mass is 10.0. The standard InChI is InChI=1S/2C58H39N3O/c1-4-18-43(19-5-1)59(48-32-34-51-50-25-13-15-27-55(50)61(56(51)39-48)45-22-8-3-9-23-45)46-30-28-40(29-31-46)49-24-12-14-26-54(49)60(44-20-6-2-7-21-44)47-33-35-57-53(38-47)52-36-41-16-10-11-17-42(41)37-58(52)62-57;1-4-15-43(16-5-1)59(48-34-37-56-53(38-48)58-50-21-11-10-14-42(50)28-36-57(58)62-56)46-29-24-40(25-30-46)41-26-31-47(32-27-41)60(44-17-6-2-7-18-44)49-33-35-52-51-22-12-13-23-54(51)61(55(52)39-49)45-19-8-3-9-20-45/h2*1-39H. The molecule has 8 heteroatoms. The molecule has 0 aliphatic rings. The quantitative estimate of drug-likeness (QED) is 0.0961. The van der Waals surface area contributed by atoms with Gasteiger partial charge in [-0.3, -0.25) is 0 Å². The maximum absolute atomic E-state index is 6.43. The molecule has 8 nitrogen and oxygen atoms in total. The third kappa shape index (κ3) is 13.0. The average molecular weight is 1590 g/mol. The maximum Gasteiger partial charge on any atom is 0.136 e. The molecule has 0 saturated heterocycles. The summed E-state index contributed by atoms with van der Waals surface area (Å²) < 4.78 is 17.6. The first-order valence-electron chi connectivity index (χ1n) is 42.2. The summed E-state index contributed by atoms with van der Waals surface area (Å²) in [5, 5.41) is 14.2. The van der Waals surface area contributed by atoms with Gasteiger partial charge in [0.25, 0.3) is 0 Å². The predicted molar refractivity (Wildman–Crippen MR) is 521 cm³/mol. The largest absolute Gasteiger partial charge is 0.456 e. The van der Waals surface area contributed by atoms with Gasteiger partial charge in [-0.05, 0) is 244 Å². The minimum atomic E-state index is 0.875. The van der Waals surface area contributed by atoms with Crippen molar-refractivity contribution in [2.45, 2.75) is 0 Å². The lowest BCUT2D eigenvalue weighted by Crippen LogP contribution is -2.11. The molecule has 0 amide bonds. The lowest BCUT2D eigenvalue weighted by Gasteiger charge is -2.28. The molecule has 0 atom stereocenters. The highest BCUT2D eigenvalue weighted by atomic mass is 16.3. The van der Waals surface area contributed by atoms with E-state index in [1.54, 1.807) is 0 Å². The van der Waals surface area contributed by atoms with Crippen LogP contribution in [0, 0.1) is 0 Å². The molecular weight excluding hydrogens is 1510 g/mol. The van der Waals surface area contributed by atoms with Crippen molar-refractivity contribution in [3.05, 3.63) is 473 Å². The Morgan fingerprint density at radius 2 is 0.500 bits per heavy atom. The monoisotopic (exact) mass is 1590 g/mol. The normalized spacial score (nSPS) is 11.5. The van der Waals surface area contributed by atoms with Gasteiger partial charge in [0.2, 0.25) is 0 Å². The molecular formula is C116H78N6O2. The van der Waals surface area contributed by atoms with E-state index in [1.807, 2.05) is 0 Å². The van der Waals surface area contributed by atoms with Gasteiger partial charge in [0.1, 0.15) is 22.3 Å². The lowest BCUT2D eigenvalue weighted by molar-refractivity contribution is 0.669. The van der Waals surface area contributed by atoms with E-state index in [4.69, 9.17) is 8.83 Å². The first-order chi connectivity index (χ1) is 61.5. The zero-order chi connectivity index (χ0) is 82.0. The summed E-state index contributed by atoms with van der Waals surface area (Å²) in [7, 11) is 0. The number of hydrogen-bond donors (Lipinski definition) is 0. The van der Waals surface area contributed by atoms with E-state index in [-0.39, 0.29) is 0 Å². The van der Waals surface area contributed by atoms with Crippen LogP contribution in [0.5, 0.6) is 0 Å². The van der Waals surface area contributed by atoms with E-state index in [0.29, 0.717) is 0 Å². The molecule has 0 unspecified atom stereocenters. The Hall–Kier alpha value is -16.7. The summed E-state index contributed by atoms with van der Waals surface area (Å²) in [5.41, 5.74) is 28.1. The fourth-order valence-electron chi connectivity index (χ4n) is 18.6. The zero-order valence-corrected chi connectivity index (χ0v) is 67.5. The second-order valence-corrected chi connectivity index (χ2v) is 31.5. The number of rotatable bonds is 16. The van der Waals surface area contributed by atoms with Crippen molar-refractivity contribution in [1.29, 1.82) is 0 Å². The van der Waals surface area contributed by atoms with Gasteiger partial charge in [0, 0.05) is 123 Å². The Bertz CT molecular complexity index is 8090. The van der Waals surface area contributed by atoms with E-state index in [9.17, 15) is 0 Å². The molecule has 4 aromatic heterocycles. The Morgan fingerprint density at radius 1 is 0.169 bits per heavy atom. The summed E-state index contributed by atoms with van der Waals surface area (Å²) in [4.78, 5) is 9.38. The summed E-state index contributed by atoms with van der Waals surface area (Å²) in [6.07, 6.45) is 0. The molecule has 0 saturated carbocycles. The highest BCUT2D eigenvalue weighted by molar-refractivity contribution is 6.20. The van der Waals surface area contributed by atoms with Gasteiger partial charge in [0.15, 0.2) is 0 Å². The topological polar surface area (TPSA) is 49.1 Å². The molecule has 0 aliphatic carbocycles. The predicted octanol–water partition coefficient (Wildman–Crippen LogP) is 32.9. The number of benzene rings is 20. The Kier molecular flexibility index (Phi) is 18.1. The van der Waals surface area contributed by atoms with Gasteiger partial charge >= 0.3 is 0 Å². The van der Waals surface area contributed by atoms with Gasteiger partial charge in [-0.15, -0.1) is 0 Å². The highest BCUT2D eigenvalue weighted by Gasteiger charge is 2.25. The van der Waals surface area contributed by atoms with Crippen LogP contribution in [0.25, 0.3) is 143 Å². The van der Waals surface area contributed by atoms with Gasteiger partial charge in [0.05, 0.1) is 27.8 Å². The number of aromatic nitrogens is 2. The summed E-state index contributed by atoms with van der Waals surface area (Å²) in [5.74, 6) is 0. The van der Waals surface area contributed by atoms with Crippen LogP contribution in [0.1, 0.15) is 0 Å². The third-order valence-electron chi connectivity index (χ3n) is 24.3. The van der Waals surface area contributed by atoms with Crippen molar-refractivity contribution in [1.82, 2.24) is 9.13 Å². The van der Waals surface area contributed by atoms with Crippen molar-refractivity contribution < 1.29 is 8.83 Å².